The molecule has 3 rings (SSSR count). The molecule has 8 heteroatoms. The van der Waals surface area contributed by atoms with Gasteiger partial charge in [-0.2, -0.15) is 0 Å². The fourth-order valence-corrected chi connectivity index (χ4v) is 6.05. The van der Waals surface area contributed by atoms with Crippen LogP contribution in [0.15, 0.2) is 23.2 Å². The molecule has 122 valence electrons. The number of fused-ring (bicyclic) bond motifs is 1. The number of aliphatic imine (C=N–C) groups is 1. The van der Waals surface area contributed by atoms with Crippen LogP contribution in [-0.4, -0.2) is 33.3 Å². The fourth-order valence-electron chi connectivity index (χ4n) is 3.17. The summed E-state index contributed by atoms with van der Waals surface area (Å²) in [5.74, 6) is -0.0161. The second-order valence-corrected chi connectivity index (χ2v) is 8.60. The van der Waals surface area contributed by atoms with Gasteiger partial charge in [0.25, 0.3) is 0 Å². The number of nitrogens with zero attached hydrogens (tertiary/aromatic N) is 2. The minimum atomic E-state index is -2.92. The Balaban J connectivity index is 2.10. The number of rotatable bonds is 1. The van der Waals surface area contributed by atoms with Gasteiger partial charge in [0.1, 0.15) is 11.4 Å². The molecule has 0 radical (unpaired) electrons. The molecule has 1 saturated heterocycles. The van der Waals surface area contributed by atoms with E-state index in [4.69, 9.17) is 11.5 Å². The van der Waals surface area contributed by atoms with Crippen molar-refractivity contribution in [2.24, 2.45) is 10.7 Å². The maximum absolute atomic E-state index is 14.3. The summed E-state index contributed by atoms with van der Waals surface area (Å²) in [5, 5.41) is 0. The van der Waals surface area contributed by atoms with Gasteiger partial charge in [-0.1, -0.05) is 0 Å². The number of nitrogens with one attached hydrogen (secondary N) is 1. The van der Waals surface area contributed by atoms with Crippen molar-refractivity contribution < 1.29 is 8.60 Å². The highest BCUT2D eigenvalue weighted by atomic mass is 32.3. The third-order valence-electron chi connectivity index (χ3n) is 4.26. The van der Waals surface area contributed by atoms with Gasteiger partial charge >= 0.3 is 0 Å². The number of thiol groups is 1. The first-order valence-electron chi connectivity index (χ1n) is 7.37. The van der Waals surface area contributed by atoms with E-state index in [-0.39, 0.29) is 11.7 Å². The Morgan fingerprint density at radius 3 is 2.95 bits per heavy atom. The zero-order valence-corrected chi connectivity index (χ0v) is 13.4. The van der Waals surface area contributed by atoms with Crippen molar-refractivity contribution in [2.45, 2.75) is 25.3 Å². The van der Waals surface area contributed by atoms with E-state index < -0.39 is 21.7 Å². The number of guanidine groups is 1. The smallest absolute Gasteiger partial charge is 0.203 e. The molecule has 0 spiro atoms. The van der Waals surface area contributed by atoms with Crippen LogP contribution in [-0.2, 0) is 15.8 Å². The van der Waals surface area contributed by atoms with Crippen LogP contribution in [0.5, 0.6) is 0 Å². The van der Waals surface area contributed by atoms with Crippen LogP contribution < -0.4 is 16.2 Å². The second kappa shape index (κ2) is 5.20. The maximum atomic E-state index is 14.3. The average Bonchev–Trinajstić information content (AvgIpc) is 2.62. The van der Waals surface area contributed by atoms with Crippen molar-refractivity contribution in [3.8, 4) is 0 Å². The summed E-state index contributed by atoms with van der Waals surface area (Å²) in [6.45, 7) is 3.02. The lowest BCUT2D eigenvalue weighted by Crippen LogP contribution is -2.60. The lowest BCUT2D eigenvalue weighted by Gasteiger charge is -2.45. The van der Waals surface area contributed by atoms with Crippen molar-refractivity contribution in [3.63, 3.8) is 0 Å². The summed E-state index contributed by atoms with van der Waals surface area (Å²) >= 11 is 0. The molecule has 0 saturated carbocycles. The number of hydrogen-bond donors (Lipinski definition) is 4. The van der Waals surface area contributed by atoms with Crippen LogP contribution in [0.1, 0.15) is 25.3 Å². The quantitative estimate of drug-likeness (QED) is 0.446. The zero-order chi connectivity index (χ0) is 16.0. The van der Waals surface area contributed by atoms with E-state index in [0.29, 0.717) is 24.3 Å². The minimum Gasteiger partial charge on any atom is -0.399 e. The highest BCUT2D eigenvalue weighted by Crippen LogP contribution is 2.36. The van der Waals surface area contributed by atoms with Gasteiger partial charge in [0.2, 0.25) is 5.96 Å². The van der Waals surface area contributed by atoms with Gasteiger partial charge in [-0.15, -0.1) is 0 Å². The molecular weight excluding hydrogens is 305 g/mol. The number of nitrogen functional groups attached to an aromatic ring is 1. The Hall–Kier alpha value is -1.67. The van der Waals surface area contributed by atoms with Gasteiger partial charge in [-0.25, -0.2) is 14.1 Å². The summed E-state index contributed by atoms with van der Waals surface area (Å²) in [6.07, 6.45) is 1.83. The van der Waals surface area contributed by atoms with Gasteiger partial charge in [-0.05, 0) is 38.0 Å². The van der Waals surface area contributed by atoms with E-state index in [1.165, 1.54) is 12.1 Å². The monoisotopic (exact) mass is 327 g/mol. The molecule has 1 unspecified atom stereocenters. The van der Waals surface area contributed by atoms with E-state index in [9.17, 15) is 8.60 Å². The number of benzene rings is 1. The molecule has 0 bridgehead atoms. The molecule has 1 aromatic carbocycles. The number of halogens is 1. The maximum Gasteiger partial charge on any atom is 0.203 e. The Bertz CT molecular complexity index is 679. The van der Waals surface area contributed by atoms with Gasteiger partial charge in [0, 0.05) is 34.6 Å². The highest BCUT2D eigenvalue weighted by molar-refractivity contribution is 7.99. The second-order valence-electron chi connectivity index (χ2n) is 6.08. The lowest BCUT2D eigenvalue weighted by molar-refractivity contribution is 0.460. The van der Waals surface area contributed by atoms with Crippen LogP contribution in [0.3, 0.4) is 0 Å². The third-order valence-corrected chi connectivity index (χ3v) is 7.21. The predicted molar refractivity (Wildman–Crippen MR) is 88.1 cm³/mol. The normalized spacial score (nSPS) is 29.2. The Morgan fingerprint density at radius 1 is 1.41 bits per heavy atom. The topological polar surface area (TPSA) is 96.7 Å². The SMILES string of the molecule is CC1(c2cc(N)ccc2F)C[SH]2(=O)NCCCCN2C(N)=N1. The first kappa shape index (κ1) is 15.2. The molecule has 22 heavy (non-hydrogen) atoms. The van der Waals surface area contributed by atoms with Crippen LogP contribution in [0.25, 0.3) is 0 Å². The van der Waals surface area contributed by atoms with Gasteiger partial charge < -0.3 is 11.5 Å². The third kappa shape index (κ3) is 2.46. The van der Waals surface area contributed by atoms with E-state index in [1.54, 1.807) is 17.3 Å². The Morgan fingerprint density at radius 2 is 2.18 bits per heavy atom. The summed E-state index contributed by atoms with van der Waals surface area (Å²) in [6, 6.07) is 4.35. The zero-order valence-electron chi connectivity index (χ0n) is 12.6. The van der Waals surface area contributed by atoms with Crippen molar-refractivity contribution >= 4 is 22.0 Å². The molecule has 0 aromatic heterocycles. The summed E-state index contributed by atoms with van der Waals surface area (Å²) < 4.78 is 32.4. The highest BCUT2D eigenvalue weighted by Gasteiger charge is 2.43. The van der Waals surface area contributed by atoms with E-state index in [2.05, 4.69) is 9.71 Å². The van der Waals surface area contributed by atoms with E-state index in [0.717, 1.165) is 12.8 Å². The van der Waals surface area contributed by atoms with Crippen molar-refractivity contribution in [1.29, 1.82) is 0 Å². The molecule has 5 N–H and O–H groups in total. The van der Waals surface area contributed by atoms with Crippen molar-refractivity contribution in [1.82, 2.24) is 9.03 Å². The van der Waals surface area contributed by atoms with Crippen molar-refractivity contribution in [2.75, 3.05) is 24.6 Å². The van der Waals surface area contributed by atoms with Crippen LogP contribution in [0.2, 0.25) is 0 Å². The summed E-state index contributed by atoms with van der Waals surface area (Å²) in [5.41, 5.74) is 11.6. The van der Waals surface area contributed by atoms with Crippen LogP contribution >= 0.6 is 0 Å². The van der Waals surface area contributed by atoms with Crippen LogP contribution in [0, 0.1) is 5.82 Å². The van der Waals surface area contributed by atoms with Crippen molar-refractivity contribution in [3.05, 3.63) is 29.6 Å². The molecule has 2 heterocycles. The first-order valence-corrected chi connectivity index (χ1v) is 9.22. The van der Waals surface area contributed by atoms with Gasteiger partial charge in [0.15, 0.2) is 0 Å². The number of anilines is 1. The Kier molecular flexibility index (Phi) is 3.60. The largest absolute Gasteiger partial charge is 0.399 e. The molecule has 1 atom stereocenters. The fraction of sp³-hybridized carbons (Fsp3) is 0.500. The number of nitrogens with two attached hydrogens (primary N) is 2. The van der Waals surface area contributed by atoms with Crippen LogP contribution in [0.4, 0.5) is 10.1 Å². The molecule has 1 fully saturated rings. The van der Waals surface area contributed by atoms with E-state index in [1.807, 2.05) is 0 Å². The molecule has 6 nitrogen and oxygen atoms in total. The minimum absolute atomic E-state index is 0.196. The molecule has 2 aliphatic rings. The lowest BCUT2D eigenvalue weighted by atomic mass is 9.93. The molecule has 0 amide bonds. The van der Waals surface area contributed by atoms with E-state index >= 15 is 0 Å². The number of hydrogen-bond acceptors (Lipinski definition) is 4. The molecular formula is C14H22FN5OS. The Labute approximate surface area is 130 Å². The first-order chi connectivity index (χ1) is 10.3. The standard InChI is InChI=1S/C14H22FN5OS/c1-14(11-8-10(16)4-5-12(11)15)9-22(21)18-6-2-3-7-20(22)13(17)19-14/h4-5,8,22H,2-3,6-7,9,16H2,1H3,(H2,17,19)(H,18,21). The average molecular weight is 327 g/mol. The van der Waals surface area contributed by atoms with Gasteiger partial charge in [0.05, 0.1) is 5.75 Å². The van der Waals surface area contributed by atoms with Gasteiger partial charge in [-0.3, -0.25) is 8.51 Å². The summed E-state index contributed by atoms with van der Waals surface area (Å²) in [4.78, 5) is 4.47. The predicted octanol–water partition coefficient (Wildman–Crippen LogP) is 0.484. The molecule has 2 aliphatic heterocycles. The molecule has 0 aliphatic carbocycles. The summed E-state index contributed by atoms with van der Waals surface area (Å²) in [7, 11) is -2.92. The molecule has 1 aromatic rings.